The van der Waals surface area contributed by atoms with E-state index in [1.54, 1.807) is 24.3 Å². The zero-order valence-corrected chi connectivity index (χ0v) is 11.6. The third-order valence-electron chi connectivity index (χ3n) is 2.16. The van der Waals surface area contributed by atoms with Crippen LogP contribution in [0.1, 0.15) is 25.7 Å². The molecule has 0 aromatic rings. The van der Waals surface area contributed by atoms with Crippen LogP contribution in [0.5, 0.6) is 0 Å². The molecular formula is C18H16O3. The fraction of sp³-hybridized carbons (Fsp3) is 0.278. The summed E-state index contributed by atoms with van der Waals surface area (Å²) in [6, 6.07) is 0. The number of rotatable bonds is 7. The first-order valence-electron chi connectivity index (χ1n) is 6.36. The van der Waals surface area contributed by atoms with Gasteiger partial charge in [-0.15, -0.1) is 6.42 Å². The third kappa shape index (κ3) is 15.1. The summed E-state index contributed by atoms with van der Waals surface area (Å²) in [6.07, 6.45) is 12.9. The van der Waals surface area contributed by atoms with Gasteiger partial charge in [0.2, 0.25) is 0 Å². The SMILES string of the molecule is C#CC#CC#CC#C/C=C/C=C\[C@@H](O)CCCCC(=O)O. The van der Waals surface area contributed by atoms with Gasteiger partial charge < -0.3 is 10.2 Å². The molecule has 2 N–H and O–H groups in total. The summed E-state index contributed by atoms with van der Waals surface area (Å²) >= 11 is 0. The van der Waals surface area contributed by atoms with E-state index >= 15 is 0 Å². The summed E-state index contributed by atoms with van der Waals surface area (Å²) in [5.74, 6) is 16.3. The van der Waals surface area contributed by atoms with Crippen molar-refractivity contribution >= 4 is 5.97 Å². The molecule has 106 valence electrons. The highest BCUT2D eigenvalue weighted by atomic mass is 16.4. The highest BCUT2D eigenvalue weighted by molar-refractivity contribution is 5.66. The van der Waals surface area contributed by atoms with Gasteiger partial charge in [-0.05, 0) is 60.9 Å². The van der Waals surface area contributed by atoms with Crippen LogP contribution in [0, 0.1) is 47.9 Å². The lowest BCUT2D eigenvalue weighted by atomic mass is 10.1. The largest absolute Gasteiger partial charge is 0.481 e. The average molecular weight is 280 g/mol. The normalized spacial score (nSPS) is 10.5. The molecule has 0 aliphatic heterocycles. The van der Waals surface area contributed by atoms with Crippen LogP contribution in [-0.4, -0.2) is 22.3 Å². The monoisotopic (exact) mass is 280 g/mol. The quantitative estimate of drug-likeness (QED) is 0.424. The number of carbonyl (C=O) groups is 1. The van der Waals surface area contributed by atoms with Crippen molar-refractivity contribution in [3.63, 3.8) is 0 Å². The maximum absolute atomic E-state index is 10.3. The van der Waals surface area contributed by atoms with E-state index in [0.29, 0.717) is 19.3 Å². The maximum atomic E-state index is 10.3. The predicted octanol–water partition coefficient (Wildman–Crippen LogP) is 1.75. The molecule has 0 unspecified atom stereocenters. The van der Waals surface area contributed by atoms with Crippen molar-refractivity contribution in [1.82, 2.24) is 0 Å². The molecule has 3 heteroatoms. The Hall–Kier alpha value is -2.85. The summed E-state index contributed by atoms with van der Waals surface area (Å²) in [7, 11) is 0. The van der Waals surface area contributed by atoms with Crippen LogP contribution in [0.15, 0.2) is 24.3 Å². The van der Waals surface area contributed by atoms with Gasteiger partial charge in [0.05, 0.1) is 6.10 Å². The van der Waals surface area contributed by atoms with E-state index in [1.807, 2.05) is 0 Å². The minimum absolute atomic E-state index is 0.138. The molecule has 1 atom stereocenters. The molecule has 0 fully saturated rings. The summed E-state index contributed by atoms with van der Waals surface area (Å²) in [6.45, 7) is 0. The van der Waals surface area contributed by atoms with E-state index in [2.05, 4.69) is 41.4 Å². The van der Waals surface area contributed by atoms with Gasteiger partial charge in [0.15, 0.2) is 0 Å². The number of hydrogen-bond acceptors (Lipinski definition) is 2. The molecule has 0 amide bonds. The molecule has 21 heavy (non-hydrogen) atoms. The Morgan fingerprint density at radius 2 is 1.81 bits per heavy atom. The van der Waals surface area contributed by atoms with E-state index in [9.17, 15) is 9.90 Å². The zero-order valence-electron chi connectivity index (χ0n) is 11.6. The van der Waals surface area contributed by atoms with Crippen LogP contribution < -0.4 is 0 Å². The fourth-order valence-electron chi connectivity index (χ4n) is 1.23. The molecule has 0 rings (SSSR count). The van der Waals surface area contributed by atoms with E-state index < -0.39 is 12.1 Å². The molecule has 0 saturated heterocycles. The van der Waals surface area contributed by atoms with Gasteiger partial charge >= 0.3 is 5.97 Å². The lowest BCUT2D eigenvalue weighted by Crippen LogP contribution is -2.02. The average Bonchev–Trinajstić information content (AvgIpc) is 2.45. The fourth-order valence-corrected chi connectivity index (χ4v) is 1.23. The van der Waals surface area contributed by atoms with Crippen LogP contribution in [0.2, 0.25) is 0 Å². The summed E-state index contributed by atoms with van der Waals surface area (Å²) in [4.78, 5) is 10.3. The molecule has 0 radical (unpaired) electrons. The van der Waals surface area contributed by atoms with Gasteiger partial charge in [0, 0.05) is 6.42 Å². The first kappa shape index (κ1) is 18.1. The Balaban J connectivity index is 3.90. The van der Waals surface area contributed by atoms with Gasteiger partial charge in [0.25, 0.3) is 0 Å². The van der Waals surface area contributed by atoms with Gasteiger partial charge in [-0.1, -0.05) is 24.1 Å². The molecule has 0 aliphatic rings. The molecule has 0 heterocycles. The van der Waals surface area contributed by atoms with Crippen molar-refractivity contribution in [1.29, 1.82) is 0 Å². The number of unbranched alkanes of at least 4 members (excludes halogenated alkanes) is 1. The van der Waals surface area contributed by atoms with E-state index in [1.165, 1.54) is 0 Å². The Kier molecular flexibility index (Phi) is 11.7. The zero-order chi connectivity index (χ0) is 15.8. The van der Waals surface area contributed by atoms with E-state index in [-0.39, 0.29) is 6.42 Å². The first-order chi connectivity index (χ1) is 10.2. The highest BCUT2D eigenvalue weighted by Crippen LogP contribution is 2.04. The first-order valence-corrected chi connectivity index (χ1v) is 6.36. The lowest BCUT2D eigenvalue weighted by molar-refractivity contribution is -0.137. The summed E-state index contributed by atoms with van der Waals surface area (Å²) in [5, 5.41) is 18.0. The topological polar surface area (TPSA) is 57.5 Å². The molecule has 0 spiro atoms. The Labute approximate surface area is 125 Å². The van der Waals surface area contributed by atoms with Crippen molar-refractivity contribution in [3.8, 4) is 47.9 Å². The Morgan fingerprint density at radius 3 is 2.52 bits per heavy atom. The van der Waals surface area contributed by atoms with E-state index in [0.717, 1.165) is 0 Å². The lowest BCUT2D eigenvalue weighted by Gasteiger charge is -2.03. The van der Waals surface area contributed by atoms with Gasteiger partial charge in [-0.2, -0.15) is 0 Å². The standard InChI is InChI=1S/C18H16O3/c1-2-3-4-5-6-7-8-9-10-11-14-17(19)15-12-13-16-18(20)21/h1,9-11,14,17,19H,12-13,15-16H2,(H,20,21)/b10-9+,14-11-/t17-/m1/s1. The van der Waals surface area contributed by atoms with Crippen molar-refractivity contribution < 1.29 is 15.0 Å². The van der Waals surface area contributed by atoms with Crippen molar-refractivity contribution in [2.24, 2.45) is 0 Å². The van der Waals surface area contributed by atoms with Gasteiger partial charge in [0.1, 0.15) is 0 Å². The number of carboxylic acids is 1. The van der Waals surface area contributed by atoms with Crippen LogP contribution in [0.4, 0.5) is 0 Å². The number of aliphatic hydroxyl groups excluding tert-OH is 1. The Bertz CT molecular complexity index is 599. The van der Waals surface area contributed by atoms with Crippen LogP contribution in [0.25, 0.3) is 0 Å². The number of allylic oxidation sites excluding steroid dienone is 3. The van der Waals surface area contributed by atoms with Gasteiger partial charge in [-0.3, -0.25) is 4.79 Å². The van der Waals surface area contributed by atoms with Crippen molar-refractivity contribution in [2.75, 3.05) is 0 Å². The highest BCUT2D eigenvalue weighted by Gasteiger charge is 2.00. The molecule has 3 nitrogen and oxygen atoms in total. The second-order valence-corrected chi connectivity index (χ2v) is 3.86. The van der Waals surface area contributed by atoms with Crippen LogP contribution in [-0.2, 0) is 4.79 Å². The maximum Gasteiger partial charge on any atom is 0.303 e. The molecule has 0 aromatic heterocycles. The Morgan fingerprint density at radius 1 is 1.10 bits per heavy atom. The third-order valence-corrected chi connectivity index (χ3v) is 2.16. The second kappa shape index (κ2) is 13.6. The van der Waals surface area contributed by atoms with Gasteiger partial charge in [-0.25, -0.2) is 0 Å². The summed E-state index contributed by atoms with van der Waals surface area (Å²) in [5.41, 5.74) is 0. The number of carboxylic acid groups (broad SMARTS) is 1. The smallest absolute Gasteiger partial charge is 0.303 e. The van der Waals surface area contributed by atoms with Crippen molar-refractivity contribution in [3.05, 3.63) is 24.3 Å². The summed E-state index contributed by atoms with van der Waals surface area (Å²) < 4.78 is 0. The predicted molar refractivity (Wildman–Crippen MR) is 82.6 cm³/mol. The minimum Gasteiger partial charge on any atom is -0.481 e. The molecule has 0 aliphatic carbocycles. The number of aliphatic hydroxyl groups is 1. The van der Waals surface area contributed by atoms with Crippen molar-refractivity contribution in [2.45, 2.75) is 31.8 Å². The minimum atomic E-state index is -0.810. The van der Waals surface area contributed by atoms with Crippen LogP contribution >= 0.6 is 0 Å². The van der Waals surface area contributed by atoms with Crippen LogP contribution in [0.3, 0.4) is 0 Å². The molecule has 0 saturated carbocycles. The number of aliphatic carboxylic acids is 1. The molecule has 0 aromatic carbocycles. The number of hydrogen-bond donors (Lipinski definition) is 2. The molecular weight excluding hydrogens is 264 g/mol. The molecule has 0 bridgehead atoms. The second-order valence-electron chi connectivity index (χ2n) is 3.86. The number of terminal acetylenes is 1. The van der Waals surface area contributed by atoms with E-state index in [4.69, 9.17) is 11.5 Å².